The third kappa shape index (κ3) is 11.1. The van der Waals surface area contributed by atoms with Crippen molar-refractivity contribution in [3.8, 4) is 0 Å². The number of rotatable bonds is 7. The van der Waals surface area contributed by atoms with Crippen LogP contribution in [0.1, 0.15) is 0 Å². The molecule has 0 saturated heterocycles. The Morgan fingerprint density at radius 3 is 2.44 bits per heavy atom. The lowest BCUT2D eigenvalue weighted by Gasteiger charge is -2.06. The lowest BCUT2D eigenvalue weighted by Crippen LogP contribution is -2.30. The summed E-state index contributed by atoms with van der Waals surface area (Å²) in [6.07, 6.45) is 0. The Labute approximate surface area is 93.3 Å². The summed E-state index contributed by atoms with van der Waals surface area (Å²) in [7, 11) is 0. The van der Waals surface area contributed by atoms with E-state index in [9.17, 15) is 22.8 Å². The highest BCUT2D eigenvalue weighted by Crippen LogP contribution is 2.29. The number of thioether (sulfide) groups is 1. The van der Waals surface area contributed by atoms with Gasteiger partial charge in [-0.1, -0.05) is 0 Å². The predicted molar refractivity (Wildman–Crippen MR) is 50.0 cm³/mol. The Morgan fingerprint density at radius 1 is 1.31 bits per heavy atom. The molecule has 0 saturated carbocycles. The first-order chi connectivity index (χ1) is 7.31. The zero-order valence-corrected chi connectivity index (χ0v) is 8.86. The molecular weight excluding hydrogens is 251 g/mol. The molecule has 0 aliphatic rings. The zero-order chi connectivity index (χ0) is 12.6. The molecule has 0 aromatic rings. The van der Waals surface area contributed by atoms with Crippen LogP contribution in [0.3, 0.4) is 0 Å². The number of carbonyl (C=O) groups is 2. The molecule has 0 heterocycles. The largest absolute Gasteiger partial charge is 0.480 e. The van der Waals surface area contributed by atoms with Gasteiger partial charge in [-0.15, -0.1) is 0 Å². The van der Waals surface area contributed by atoms with Crippen molar-refractivity contribution in [2.24, 2.45) is 0 Å². The van der Waals surface area contributed by atoms with Gasteiger partial charge in [0.25, 0.3) is 0 Å². The van der Waals surface area contributed by atoms with Crippen LogP contribution in [0.25, 0.3) is 0 Å². The van der Waals surface area contributed by atoms with Crippen molar-refractivity contribution >= 4 is 23.6 Å². The number of hydrogen-bond donors (Lipinski definition) is 2. The molecule has 94 valence electrons. The minimum atomic E-state index is -4.31. The van der Waals surface area contributed by atoms with E-state index in [0.717, 1.165) is 0 Å². The van der Waals surface area contributed by atoms with Crippen molar-refractivity contribution in [2.45, 2.75) is 5.51 Å². The number of amides is 1. The van der Waals surface area contributed by atoms with Gasteiger partial charge in [0.1, 0.15) is 13.2 Å². The molecule has 0 spiro atoms. The van der Waals surface area contributed by atoms with Crippen LogP contribution in [0.2, 0.25) is 0 Å². The quantitative estimate of drug-likeness (QED) is 0.651. The maximum absolute atomic E-state index is 11.6. The van der Waals surface area contributed by atoms with E-state index in [0.29, 0.717) is 0 Å². The summed E-state index contributed by atoms with van der Waals surface area (Å²) in [6.45, 7) is -1.26. The molecule has 0 radical (unpaired) electrons. The van der Waals surface area contributed by atoms with Crippen molar-refractivity contribution in [3.63, 3.8) is 0 Å². The predicted octanol–water partition coefficient (Wildman–Crippen LogP) is 0.457. The molecule has 0 aliphatic heterocycles. The molecule has 0 aromatic carbocycles. The third-order valence-electron chi connectivity index (χ3n) is 1.15. The van der Waals surface area contributed by atoms with Crippen LogP contribution in [-0.2, 0) is 14.3 Å². The van der Waals surface area contributed by atoms with E-state index in [1.807, 2.05) is 0 Å². The maximum Gasteiger partial charge on any atom is 0.441 e. The molecule has 0 fully saturated rings. The van der Waals surface area contributed by atoms with Crippen molar-refractivity contribution in [1.82, 2.24) is 5.32 Å². The van der Waals surface area contributed by atoms with Gasteiger partial charge in [-0.25, -0.2) is 4.79 Å². The van der Waals surface area contributed by atoms with Crippen LogP contribution >= 0.6 is 11.8 Å². The first kappa shape index (κ1) is 15.0. The first-order valence-electron chi connectivity index (χ1n) is 4.08. The fourth-order valence-electron chi connectivity index (χ4n) is 0.639. The second kappa shape index (κ2) is 7.34. The van der Waals surface area contributed by atoms with Gasteiger partial charge in [-0.05, 0) is 11.8 Å². The number of ether oxygens (including phenoxy) is 1. The van der Waals surface area contributed by atoms with Crippen LogP contribution < -0.4 is 5.32 Å². The van der Waals surface area contributed by atoms with E-state index in [2.05, 4.69) is 10.1 Å². The number of halogens is 3. The van der Waals surface area contributed by atoms with E-state index in [1.165, 1.54) is 0 Å². The van der Waals surface area contributed by atoms with Gasteiger partial charge < -0.3 is 15.2 Å². The van der Waals surface area contributed by atoms with Crippen LogP contribution in [0.5, 0.6) is 0 Å². The summed E-state index contributed by atoms with van der Waals surface area (Å²) in [5.74, 6) is -2.17. The highest BCUT2D eigenvalue weighted by atomic mass is 32.2. The summed E-state index contributed by atoms with van der Waals surface area (Å²) >= 11 is -0.245. The minimum absolute atomic E-state index is 0.153. The first-order valence-corrected chi connectivity index (χ1v) is 5.07. The third-order valence-corrected chi connectivity index (χ3v) is 1.88. The second-order valence-corrected chi connectivity index (χ2v) is 3.69. The lowest BCUT2D eigenvalue weighted by molar-refractivity contribution is -0.143. The summed E-state index contributed by atoms with van der Waals surface area (Å²) in [6, 6.07) is 0. The van der Waals surface area contributed by atoms with E-state index >= 15 is 0 Å². The fourth-order valence-corrected chi connectivity index (χ4v) is 1.07. The molecule has 0 aromatic heterocycles. The highest BCUT2D eigenvalue weighted by molar-refractivity contribution is 8.00. The molecule has 0 unspecified atom stereocenters. The summed E-state index contributed by atoms with van der Waals surface area (Å²) in [5.41, 5.74) is -4.31. The lowest BCUT2D eigenvalue weighted by atomic mass is 10.6. The second-order valence-electron chi connectivity index (χ2n) is 2.53. The Bertz CT molecular complexity index is 246. The number of alkyl halides is 3. The van der Waals surface area contributed by atoms with Crippen molar-refractivity contribution in [2.75, 3.05) is 25.5 Å². The minimum Gasteiger partial charge on any atom is -0.480 e. The van der Waals surface area contributed by atoms with E-state index in [1.54, 1.807) is 0 Å². The van der Waals surface area contributed by atoms with E-state index in [-0.39, 0.29) is 24.1 Å². The SMILES string of the molecule is O=C(O)COCC(=O)NCCSC(F)(F)F. The molecule has 0 rings (SSSR count). The maximum atomic E-state index is 11.6. The van der Waals surface area contributed by atoms with Gasteiger partial charge in [0.15, 0.2) is 0 Å². The Balaban J connectivity index is 3.41. The van der Waals surface area contributed by atoms with Gasteiger partial charge in [-0.3, -0.25) is 4.79 Å². The van der Waals surface area contributed by atoms with Gasteiger partial charge in [-0.2, -0.15) is 13.2 Å². The fraction of sp³-hybridized carbons (Fsp3) is 0.714. The van der Waals surface area contributed by atoms with Gasteiger partial charge in [0.05, 0.1) is 0 Å². The number of nitrogens with one attached hydrogen (secondary N) is 1. The Kier molecular flexibility index (Phi) is 6.90. The van der Waals surface area contributed by atoms with Crippen LogP contribution in [0, 0.1) is 0 Å². The molecule has 1 amide bonds. The summed E-state index contributed by atoms with van der Waals surface area (Å²) < 4.78 is 39.3. The average Bonchev–Trinajstić information content (AvgIpc) is 2.10. The Morgan fingerprint density at radius 2 is 1.94 bits per heavy atom. The van der Waals surface area contributed by atoms with Crippen molar-refractivity contribution in [1.29, 1.82) is 0 Å². The van der Waals surface area contributed by atoms with E-state index < -0.39 is 30.6 Å². The number of carboxylic acids is 1. The number of hydrogen-bond acceptors (Lipinski definition) is 4. The molecule has 9 heteroatoms. The molecular formula is C7H10F3NO4S. The molecule has 0 aliphatic carbocycles. The van der Waals surface area contributed by atoms with Gasteiger partial charge in [0, 0.05) is 12.3 Å². The monoisotopic (exact) mass is 261 g/mol. The zero-order valence-electron chi connectivity index (χ0n) is 8.04. The standard InChI is InChI=1S/C7H10F3NO4S/c8-7(9,10)16-2-1-11-5(12)3-15-4-6(13)14/h1-4H2,(H,11,12)(H,13,14). The van der Waals surface area contributed by atoms with Gasteiger partial charge >= 0.3 is 11.5 Å². The highest BCUT2D eigenvalue weighted by Gasteiger charge is 2.27. The molecule has 2 N–H and O–H groups in total. The molecule has 16 heavy (non-hydrogen) atoms. The van der Waals surface area contributed by atoms with Crippen molar-refractivity contribution < 1.29 is 32.6 Å². The summed E-state index contributed by atoms with van der Waals surface area (Å²) in [5, 5.41) is 10.3. The van der Waals surface area contributed by atoms with Gasteiger partial charge in [0.2, 0.25) is 5.91 Å². The molecule has 0 bridgehead atoms. The molecule has 0 atom stereocenters. The smallest absolute Gasteiger partial charge is 0.441 e. The normalized spacial score (nSPS) is 11.2. The van der Waals surface area contributed by atoms with E-state index in [4.69, 9.17) is 5.11 Å². The number of aliphatic carboxylic acids is 1. The van der Waals surface area contributed by atoms with Crippen LogP contribution in [0.15, 0.2) is 0 Å². The number of carboxylic acid groups (broad SMARTS) is 1. The van der Waals surface area contributed by atoms with Crippen molar-refractivity contribution in [3.05, 3.63) is 0 Å². The Hall–Kier alpha value is -0.960. The molecule has 5 nitrogen and oxygen atoms in total. The van der Waals surface area contributed by atoms with Crippen LogP contribution in [0.4, 0.5) is 13.2 Å². The number of carbonyl (C=O) groups excluding carboxylic acids is 1. The van der Waals surface area contributed by atoms with Crippen LogP contribution in [-0.4, -0.2) is 48.0 Å². The summed E-state index contributed by atoms with van der Waals surface area (Å²) in [4.78, 5) is 20.8. The topological polar surface area (TPSA) is 75.6 Å². The average molecular weight is 261 g/mol.